The summed E-state index contributed by atoms with van der Waals surface area (Å²) in [4.78, 5) is 28.0. The third-order valence-corrected chi connectivity index (χ3v) is 7.14. The number of methoxy groups -OCH3 is 2. The molecule has 0 fully saturated rings. The lowest BCUT2D eigenvalue weighted by molar-refractivity contribution is -0.121. The van der Waals surface area contributed by atoms with Crippen LogP contribution in [0.4, 0.5) is 5.69 Å². The number of benzene rings is 2. The summed E-state index contributed by atoms with van der Waals surface area (Å²) >= 11 is 0. The molecule has 9 heteroatoms. The van der Waals surface area contributed by atoms with E-state index in [-0.39, 0.29) is 17.9 Å². The van der Waals surface area contributed by atoms with Crippen molar-refractivity contribution in [1.29, 1.82) is 0 Å². The van der Waals surface area contributed by atoms with Crippen molar-refractivity contribution in [1.82, 2.24) is 0 Å². The molecule has 3 unspecified atom stereocenters. The number of anilines is 1. The van der Waals surface area contributed by atoms with Crippen molar-refractivity contribution in [2.24, 2.45) is 15.6 Å². The highest BCUT2D eigenvalue weighted by atomic mass is 32.2. The molecule has 0 radical (unpaired) electrons. The van der Waals surface area contributed by atoms with E-state index in [1.165, 1.54) is 19.1 Å². The molecule has 2 aliphatic heterocycles. The summed E-state index contributed by atoms with van der Waals surface area (Å²) in [5.41, 5.74) is 1.62. The van der Waals surface area contributed by atoms with E-state index < -0.39 is 22.3 Å². The molecule has 0 saturated heterocycles. The van der Waals surface area contributed by atoms with Crippen molar-refractivity contribution in [3.05, 3.63) is 53.1 Å². The van der Waals surface area contributed by atoms with Crippen molar-refractivity contribution < 1.29 is 23.3 Å². The minimum atomic E-state index is -1.29. The number of rotatable bonds is 4. The van der Waals surface area contributed by atoms with Gasteiger partial charge in [0.1, 0.15) is 6.04 Å². The van der Waals surface area contributed by atoms with Crippen molar-refractivity contribution >= 4 is 28.5 Å². The summed E-state index contributed by atoms with van der Waals surface area (Å²) in [5, 5.41) is 4.22. The van der Waals surface area contributed by atoms with E-state index in [0.717, 1.165) is 11.1 Å². The number of carbonyl (C=O) groups excluding carboxylic acids is 2. The highest BCUT2D eigenvalue weighted by Crippen LogP contribution is 2.45. The van der Waals surface area contributed by atoms with Crippen molar-refractivity contribution in [2.45, 2.75) is 32.2 Å². The molecule has 2 amide bonds. The molecule has 0 aliphatic carbocycles. The molecular formula is C23H25N3O5S. The molecule has 0 bridgehead atoms. The van der Waals surface area contributed by atoms with Crippen molar-refractivity contribution in [3.8, 4) is 11.5 Å². The van der Waals surface area contributed by atoms with Gasteiger partial charge < -0.3 is 9.47 Å². The Morgan fingerprint density at radius 2 is 1.84 bits per heavy atom. The van der Waals surface area contributed by atoms with Gasteiger partial charge in [0, 0.05) is 5.56 Å². The van der Waals surface area contributed by atoms with Crippen LogP contribution in [-0.2, 0) is 21.2 Å². The summed E-state index contributed by atoms with van der Waals surface area (Å²) in [7, 11) is 1.72. The fourth-order valence-corrected chi connectivity index (χ4v) is 5.10. The highest BCUT2D eigenvalue weighted by molar-refractivity contribution is 7.83. The van der Waals surface area contributed by atoms with Gasteiger partial charge in [0.05, 0.1) is 31.1 Å². The van der Waals surface area contributed by atoms with Gasteiger partial charge >= 0.3 is 0 Å². The van der Waals surface area contributed by atoms with Gasteiger partial charge in [-0.3, -0.25) is 9.59 Å². The predicted octanol–water partition coefficient (Wildman–Crippen LogP) is 3.98. The average Bonchev–Trinajstić information content (AvgIpc) is 2.98. The Morgan fingerprint density at radius 3 is 2.50 bits per heavy atom. The molecule has 2 heterocycles. The smallest absolute Gasteiger partial charge is 0.265 e. The zero-order valence-corrected chi connectivity index (χ0v) is 19.4. The van der Waals surface area contributed by atoms with Gasteiger partial charge in [0.25, 0.3) is 5.91 Å². The summed E-state index contributed by atoms with van der Waals surface area (Å²) in [6, 6.07) is 10.1. The highest BCUT2D eigenvalue weighted by Gasteiger charge is 2.47. The van der Waals surface area contributed by atoms with Crippen LogP contribution in [0.25, 0.3) is 0 Å². The third-order valence-electron chi connectivity index (χ3n) is 6.05. The Balaban J connectivity index is 1.75. The summed E-state index contributed by atoms with van der Waals surface area (Å²) in [5.74, 6) is 0.668. The molecule has 2 aromatic rings. The molecule has 32 heavy (non-hydrogen) atoms. The van der Waals surface area contributed by atoms with Gasteiger partial charge in [-0.15, -0.1) is 0 Å². The molecule has 0 spiro atoms. The van der Waals surface area contributed by atoms with Crippen LogP contribution < -0.4 is 14.4 Å². The standard InChI is InChI=1S/C23H25N3O5S/c1-13-12-32(29)25-24-20(13)14-6-8-17-16(10-14)23(2,3)22(28)26(17)21(27)15-7-9-18(30-4)19(11-15)31-5/h6-11,13,20H,12H2,1-5H3. The largest absolute Gasteiger partial charge is 0.493 e. The van der Waals surface area contributed by atoms with Crippen LogP contribution in [0, 0.1) is 5.92 Å². The first kappa shape index (κ1) is 22.1. The van der Waals surface area contributed by atoms with Gasteiger partial charge in [-0.1, -0.05) is 23.6 Å². The Labute approximate surface area is 189 Å². The first-order chi connectivity index (χ1) is 15.2. The van der Waals surface area contributed by atoms with Gasteiger partial charge in [-0.05, 0) is 55.2 Å². The Morgan fingerprint density at radius 1 is 1.12 bits per heavy atom. The van der Waals surface area contributed by atoms with Crippen LogP contribution in [0.3, 0.4) is 0 Å². The van der Waals surface area contributed by atoms with Crippen LogP contribution in [-0.4, -0.2) is 36.0 Å². The third kappa shape index (κ3) is 3.50. The van der Waals surface area contributed by atoms with Crippen LogP contribution in [0.2, 0.25) is 0 Å². The van der Waals surface area contributed by atoms with E-state index in [2.05, 4.69) is 9.63 Å². The number of imide groups is 1. The zero-order chi connectivity index (χ0) is 23.2. The van der Waals surface area contributed by atoms with Gasteiger partial charge in [0.2, 0.25) is 5.91 Å². The van der Waals surface area contributed by atoms with Gasteiger partial charge in [0.15, 0.2) is 22.5 Å². The summed E-state index contributed by atoms with van der Waals surface area (Å²) in [6.45, 7) is 5.60. The first-order valence-electron chi connectivity index (χ1n) is 10.2. The molecular weight excluding hydrogens is 430 g/mol. The number of hydrogen-bond donors (Lipinski definition) is 0. The number of ether oxygens (including phenoxy) is 2. The Hall–Kier alpha value is -3.07. The van der Waals surface area contributed by atoms with E-state index in [1.54, 1.807) is 38.1 Å². The molecule has 4 rings (SSSR count). The van der Waals surface area contributed by atoms with Crippen LogP contribution in [0.5, 0.6) is 11.5 Å². The fraction of sp³-hybridized carbons (Fsp3) is 0.391. The SMILES string of the molecule is COc1ccc(C(=O)N2C(=O)C(C)(C)c3cc(C4N=NS(=O)CC4C)ccc32)cc1OC. The lowest BCUT2D eigenvalue weighted by Gasteiger charge is -2.23. The molecule has 8 nitrogen and oxygen atoms in total. The number of fused-ring (bicyclic) bond motifs is 1. The second-order valence-electron chi connectivity index (χ2n) is 8.52. The second-order valence-corrected chi connectivity index (χ2v) is 9.66. The molecule has 0 aromatic heterocycles. The molecule has 3 atom stereocenters. The Bertz CT molecular complexity index is 1160. The minimum absolute atomic E-state index is 0.0519. The van der Waals surface area contributed by atoms with Crippen LogP contribution in [0.1, 0.15) is 48.3 Å². The zero-order valence-electron chi connectivity index (χ0n) is 18.6. The van der Waals surface area contributed by atoms with E-state index in [0.29, 0.717) is 28.5 Å². The van der Waals surface area contributed by atoms with Crippen molar-refractivity contribution in [3.63, 3.8) is 0 Å². The van der Waals surface area contributed by atoms with Gasteiger partial charge in [-0.25, -0.2) is 9.11 Å². The molecule has 0 N–H and O–H groups in total. The Kier molecular flexibility index (Phi) is 5.62. The van der Waals surface area contributed by atoms with Crippen molar-refractivity contribution in [2.75, 3.05) is 24.9 Å². The second kappa shape index (κ2) is 8.12. The molecule has 0 saturated carbocycles. The molecule has 2 aromatic carbocycles. The topological polar surface area (TPSA) is 97.6 Å². The molecule has 168 valence electrons. The van der Waals surface area contributed by atoms with E-state index in [4.69, 9.17) is 9.47 Å². The first-order valence-corrected chi connectivity index (χ1v) is 11.5. The lowest BCUT2D eigenvalue weighted by Crippen LogP contribution is -2.40. The monoisotopic (exact) mass is 455 g/mol. The maximum Gasteiger partial charge on any atom is 0.265 e. The minimum Gasteiger partial charge on any atom is -0.493 e. The molecule has 2 aliphatic rings. The number of carbonyl (C=O) groups is 2. The summed E-state index contributed by atoms with van der Waals surface area (Å²) < 4.78 is 26.1. The lowest BCUT2D eigenvalue weighted by atomic mass is 9.84. The van der Waals surface area contributed by atoms with E-state index in [9.17, 15) is 13.8 Å². The van der Waals surface area contributed by atoms with Gasteiger partial charge in [-0.2, -0.15) is 5.11 Å². The average molecular weight is 456 g/mol. The predicted molar refractivity (Wildman–Crippen MR) is 121 cm³/mol. The fourth-order valence-electron chi connectivity index (χ4n) is 4.20. The van der Waals surface area contributed by atoms with E-state index in [1.807, 2.05) is 19.1 Å². The number of nitrogens with zero attached hydrogens (tertiary/aromatic N) is 3. The van der Waals surface area contributed by atoms with E-state index >= 15 is 0 Å². The number of amides is 2. The maximum absolute atomic E-state index is 13.4. The maximum atomic E-state index is 13.4. The summed E-state index contributed by atoms with van der Waals surface area (Å²) in [6.07, 6.45) is 0. The quantitative estimate of drug-likeness (QED) is 0.650. The number of hydrogen-bond acceptors (Lipinski definition) is 6. The van der Waals surface area contributed by atoms with Crippen LogP contribution >= 0.6 is 0 Å². The van der Waals surface area contributed by atoms with Crippen LogP contribution in [0.15, 0.2) is 46.0 Å². The normalized spacial score (nSPS) is 23.7.